The lowest BCUT2D eigenvalue weighted by molar-refractivity contribution is -0.147. The third-order valence-corrected chi connectivity index (χ3v) is 4.29. The molecular formula is C13H20O3. The quantitative estimate of drug-likeness (QED) is 0.784. The van der Waals surface area contributed by atoms with Crippen molar-refractivity contribution >= 4 is 11.8 Å². The number of aliphatic carboxylic acids is 1. The molecule has 0 aliphatic heterocycles. The predicted molar refractivity (Wildman–Crippen MR) is 60.0 cm³/mol. The molecule has 0 bridgehead atoms. The molecule has 16 heavy (non-hydrogen) atoms. The van der Waals surface area contributed by atoms with Gasteiger partial charge in [-0.25, -0.2) is 0 Å². The summed E-state index contributed by atoms with van der Waals surface area (Å²) in [5, 5.41) is 9.21. The molecule has 0 heterocycles. The normalized spacial score (nSPS) is 32.6. The van der Waals surface area contributed by atoms with Gasteiger partial charge in [-0.2, -0.15) is 0 Å². The number of rotatable bonds is 2. The molecule has 0 spiro atoms. The Morgan fingerprint density at radius 3 is 2.44 bits per heavy atom. The summed E-state index contributed by atoms with van der Waals surface area (Å²) in [5.74, 6) is -0.0740. The largest absolute Gasteiger partial charge is 0.481 e. The van der Waals surface area contributed by atoms with Crippen LogP contribution in [-0.4, -0.2) is 16.9 Å². The molecule has 2 fully saturated rings. The molecule has 2 aliphatic rings. The first kappa shape index (κ1) is 11.6. The second-order valence-corrected chi connectivity index (χ2v) is 5.29. The lowest BCUT2D eigenvalue weighted by atomic mass is 9.68. The SMILES string of the molecule is O=C1CCC(C(=O)O)C(C2CCCCC2)C1. The standard InChI is InChI=1S/C13H20O3/c14-10-6-7-11(13(15)16)12(8-10)9-4-2-1-3-5-9/h9,11-12H,1-8H2,(H,15,16). The molecule has 1 N–H and O–H groups in total. The van der Waals surface area contributed by atoms with E-state index in [4.69, 9.17) is 0 Å². The van der Waals surface area contributed by atoms with Gasteiger partial charge in [0.2, 0.25) is 0 Å². The predicted octanol–water partition coefficient (Wildman–Crippen LogP) is 2.64. The van der Waals surface area contributed by atoms with Gasteiger partial charge >= 0.3 is 5.97 Å². The van der Waals surface area contributed by atoms with E-state index in [1.807, 2.05) is 0 Å². The highest BCUT2D eigenvalue weighted by atomic mass is 16.4. The third kappa shape index (κ3) is 2.45. The summed E-state index contributed by atoms with van der Waals surface area (Å²) >= 11 is 0. The van der Waals surface area contributed by atoms with E-state index in [9.17, 15) is 14.7 Å². The lowest BCUT2D eigenvalue weighted by Crippen LogP contribution is -2.36. The molecule has 0 saturated heterocycles. The van der Waals surface area contributed by atoms with E-state index in [0.717, 1.165) is 12.8 Å². The smallest absolute Gasteiger partial charge is 0.306 e. The Kier molecular flexibility index (Phi) is 3.62. The number of Topliss-reactive ketones (excluding diaryl/α,β-unsaturated/α-hetero) is 1. The number of hydrogen-bond donors (Lipinski definition) is 1. The van der Waals surface area contributed by atoms with Crippen molar-refractivity contribution < 1.29 is 14.7 Å². The molecule has 2 aliphatic carbocycles. The number of carboxylic acids is 1. The number of carboxylic acid groups (broad SMARTS) is 1. The van der Waals surface area contributed by atoms with Gasteiger partial charge in [0.15, 0.2) is 0 Å². The number of carbonyl (C=O) groups is 2. The Labute approximate surface area is 96.2 Å². The van der Waals surface area contributed by atoms with E-state index in [-0.39, 0.29) is 17.6 Å². The molecule has 2 unspecified atom stereocenters. The zero-order valence-electron chi connectivity index (χ0n) is 9.65. The minimum Gasteiger partial charge on any atom is -0.481 e. The first-order chi connectivity index (χ1) is 7.68. The average molecular weight is 224 g/mol. The van der Waals surface area contributed by atoms with Crippen LogP contribution in [0.5, 0.6) is 0 Å². The van der Waals surface area contributed by atoms with Crippen molar-refractivity contribution in [2.45, 2.75) is 51.4 Å². The summed E-state index contributed by atoms with van der Waals surface area (Å²) in [6.07, 6.45) is 7.50. The van der Waals surface area contributed by atoms with Gasteiger partial charge in [0.1, 0.15) is 5.78 Å². The van der Waals surface area contributed by atoms with E-state index < -0.39 is 5.97 Å². The summed E-state index contributed by atoms with van der Waals surface area (Å²) in [6.45, 7) is 0. The molecule has 0 aromatic carbocycles. The summed E-state index contributed by atoms with van der Waals surface area (Å²) in [7, 11) is 0. The van der Waals surface area contributed by atoms with Crippen LogP contribution in [0.3, 0.4) is 0 Å². The highest BCUT2D eigenvalue weighted by Crippen LogP contribution is 2.40. The van der Waals surface area contributed by atoms with Gasteiger partial charge in [0, 0.05) is 12.8 Å². The molecule has 0 radical (unpaired) electrons. The Morgan fingerprint density at radius 2 is 1.81 bits per heavy atom. The topological polar surface area (TPSA) is 54.4 Å². The van der Waals surface area contributed by atoms with Gasteiger partial charge in [-0.15, -0.1) is 0 Å². The Hall–Kier alpha value is -0.860. The second kappa shape index (κ2) is 4.98. The van der Waals surface area contributed by atoms with Gasteiger partial charge in [0.05, 0.1) is 5.92 Å². The maximum absolute atomic E-state index is 11.5. The Bertz CT molecular complexity index is 279. The van der Waals surface area contributed by atoms with E-state index in [1.54, 1.807) is 0 Å². The molecular weight excluding hydrogens is 204 g/mol. The fourth-order valence-corrected chi connectivity index (χ4v) is 3.40. The van der Waals surface area contributed by atoms with E-state index in [2.05, 4.69) is 0 Å². The van der Waals surface area contributed by atoms with Crippen molar-refractivity contribution in [3.8, 4) is 0 Å². The third-order valence-electron chi connectivity index (χ3n) is 4.29. The summed E-state index contributed by atoms with van der Waals surface area (Å²) < 4.78 is 0. The Morgan fingerprint density at radius 1 is 1.12 bits per heavy atom. The van der Waals surface area contributed by atoms with E-state index in [0.29, 0.717) is 25.2 Å². The maximum Gasteiger partial charge on any atom is 0.306 e. The van der Waals surface area contributed by atoms with Crippen LogP contribution in [0.15, 0.2) is 0 Å². The summed E-state index contributed by atoms with van der Waals surface area (Å²) in [4.78, 5) is 22.7. The number of carbonyl (C=O) groups excluding carboxylic acids is 1. The van der Waals surface area contributed by atoms with Gasteiger partial charge < -0.3 is 5.11 Å². The fraction of sp³-hybridized carbons (Fsp3) is 0.846. The maximum atomic E-state index is 11.5. The van der Waals surface area contributed by atoms with Gasteiger partial charge in [0.25, 0.3) is 0 Å². The minimum atomic E-state index is -0.692. The highest BCUT2D eigenvalue weighted by Gasteiger charge is 2.38. The first-order valence-electron chi connectivity index (χ1n) is 6.43. The molecule has 3 nitrogen and oxygen atoms in total. The molecule has 2 rings (SSSR count). The Balaban J connectivity index is 2.06. The van der Waals surface area contributed by atoms with Crippen LogP contribution in [-0.2, 0) is 9.59 Å². The van der Waals surface area contributed by atoms with Crippen molar-refractivity contribution in [2.75, 3.05) is 0 Å². The van der Waals surface area contributed by atoms with Crippen molar-refractivity contribution in [3.63, 3.8) is 0 Å². The first-order valence-corrected chi connectivity index (χ1v) is 6.43. The second-order valence-electron chi connectivity index (χ2n) is 5.29. The van der Waals surface area contributed by atoms with Crippen molar-refractivity contribution in [1.29, 1.82) is 0 Å². The molecule has 0 aromatic rings. The van der Waals surface area contributed by atoms with Crippen LogP contribution < -0.4 is 0 Å². The highest BCUT2D eigenvalue weighted by molar-refractivity contribution is 5.82. The van der Waals surface area contributed by atoms with Crippen LogP contribution in [0.4, 0.5) is 0 Å². The molecule has 2 atom stereocenters. The van der Waals surface area contributed by atoms with Crippen molar-refractivity contribution in [2.24, 2.45) is 17.8 Å². The summed E-state index contributed by atoms with van der Waals surface area (Å²) in [6, 6.07) is 0. The van der Waals surface area contributed by atoms with Crippen LogP contribution in [0.25, 0.3) is 0 Å². The number of ketones is 1. The van der Waals surface area contributed by atoms with Gasteiger partial charge in [-0.3, -0.25) is 9.59 Å². The molecule has 90 valence electrons. The fourth-order valence-electron chi connectivity index (χ4n) is 3.40. The average Bonchev–Trinajstić information content (AvgIpc) is 2.29. The molecule has 2 saturated carbocycles. The van der Waals surface area contributed by atoms with E-state index in [1.165, 1.54) is 19.3 Å². The van der Waals surface area contributed by atoms with Gasteiger partial charge in [-0.05, 0) is 18.3 Å². The minimum absolute atomic E-state index is 0.124. The molecule has 3 heteroatoms. The van der Waals surface area contributed by atoms with Crippen LogP contribution in [0, 0.1) is 17.8 Å². The van der Waals surface area contributed by atoms with Crippen LogP contribution in [0.1, 0.15) is 51.4 Å². The van der Waals surface area contributed by atoms with Crippen molar-refractivity contribution in [3.05, 3.63) is 0 Å². The summed E-state index contributed by atoms with van der Waals surface area (Å²) in [5.41, 5.74) is 0. The van der Waals surface area contributed by atoms with Gasteiger partial charge in [-0.1, -0.05) is 32.1 Å². The number of hydrogen-bond acceptors (Lipinski definition) is 2. The zero-order valence-corrected chi connectivity index (χ0v) is 9.65. The molecule has 0 aromatic heterocycles. The monoisotopic (exact) mass is 224 g/mol. The molecule has 0 amide bonds. The van der Waals surface area contributed by atoms with Crippen LogP contribution in [0.2, 0.25) is 0 Å². The van der Waals surface area contributed by atoms with E-state index >= 15 is 0 Å². The zero-order chi connectivity index (χ0) is 11.5. The lowest BCUT2D eigenvalue weighted by Gasteiger charge is -2.36. The van der Waals surface area contributed by atoms with Crippen LogP contribution >= 0.6 is 0 Å². The van der Waals surface area contributed by atoms with Crippen molar-refractivity contribution in [1.82, 2.24) is 0 Å².